The van der Waals surface area contributed by atoms with Crippen molar-refractivity contribution in [2.45, 2.75) is 50.9 Å². The van der Waals surface area contributed by atoms with Crippen molar-refractivity contribution < 1.29 is 22.7 Å². The molecule has 0 heterocycles. The van der Waals surface area contributed by atoms with Crippen LogP contribution in [-0.4, -0.2) is 5.97 Å². The van der Waals surface area contributed by atoms with Gasteiger partial charge in [-0.15, -0.1) is 0 Å². The van der Waals surface area contributed by atoms with E-state index in [4.69, 9.17) is 16.3 Å². The lowest BCUT2D eigenvalue weighted by Crippen LogP contribution is -2.17. The molecule has 0 aromatic heterocycles. The number of benzene rings is 3. The van der Waals surface area contributed by atoms with Crippen LogP contribution in [0.1, 0.15) is 72.3 Å². The molecular weight excluding hydrogens is 461 g/mol. The molecule has 0 N–H and O–H groups in total. The van der Waals surface area contributed by atoms with Crippen LogP contribution in [0.2, 0.25) is 5.02 Å². The highest BCUT2D eigenvalue weighted by molar-refractivity contribution is 6.30. The van der Waals surface area contributed by atoms with Gasteiger partial charge >= 0.3 is 5.97 Å². The molecule has 2 nitrogen and oxygen atoms in total. The smallest absolute Gasteiger partial charge is 0.349 e. The van der Waals surface area contributed by atoms with Crippen LogP contribution in [0.3, 0.4) is 0 Å². The van der Waals surface area contributed by atoms with Crippen molar-refractivity contribution in [1.29, 1.82) is 0 Å². The van der Waals surface area contributed by atoms with Gasteiger partial charge in [-0.2, -0.15) is 0 Å². The van der Waals surface area contributed by atoms with Crippen molar-refractivity contribution in [2.24, 2.45) is 5.92 Å². The Labute approximate surface area is 202 Å². The maximum absolute atomic E-state index is 14.8. The van der Waals surface area contributed by atoms with Crippen molar-refractivity contribution in [1.82, 2.24) is 0 Å². The molecule has 1 saturated carbocycles. The fourth-order valence-electron chi connectivity index (χ4n) is 4.87. The third-order valence-corrected chi connectivity index (χ3v) is 7.05. The molecular formula is C28H26ClF3O2. The normalized spacial score (nSPS) is 19.0. The highest BCUT2D eigenvalue weighted by Gasteiger charge is 2.27. The summed E-state index contributed by atoms with van der Waals surface area (Å²) in [6.07, 6.45) is 4.78. The first kappa shape index (κ1) is 24.3. The Morgan fingerprint density at radius 2 is 1.59 bits per heavy atom. The molecule has 3 aromatic carbocycles. The number of hydrogen-bond acceptors (Lipinski definition) is 2. The van der Waals surface area contributed by atoms with Crippen molar-refractivity contribution in [2.75, 3.05) is 0 Å². The van der Waals surface area contributed by atoms with E-state index >= 15 is 0 Å². The van der Waals surface area contributed by atoms with E-state index in [0.29, 0.717) is 17.4 Å². The summed E-state index contributed by atoms with van der Waals surface area (Å²) in [5.74, 6) is -3.06. The Morgan fingerprint density at radius 3 is 2.21 bits per heavy atom. The summed E-state index contributed by atoms with van der Waals surface area (Å²) in [5.41, 5.74) is 1.10. The van der Waals surface area contributed by atoms with E-state index in [1.165, 1.54) is 29.8 Å². The average Bonchev–Trinajstić information content (AvgIpc) is 2.82. The second-order valence-corrected chi connectivity index (χ2v) is 9.50. The molecule has 0 amide bonds. The van der Waals surface area contributed by atoms with Gasteiger partial charge in [0.1, 0.15) is 28.8 Å². The fraction of sp³-hybridized carbons (Fsp3) is 0.321. The molecule has 3 aromatic rings. The SMILES string of the molecule is C[C@@H](CC1CCC(c2cc(F)c(C(=O)Oc3ccc(Cl)c(F)c3)c(F)c2)CC1)c1ccccc1. The highest BCUT2D eigenvalue weighted by atomic mass is 35.5. The molecule has 0 radical (unpaired) electrons. The summed E-state index contributed by atoms with van der Waals surface area (Å²) in [6, 6.07) is 16.2. The van der Waals surface area contributed by atoms with Crippen LogP contribution in [0.5, 0.6) is 5.75 Å². The van der Waals surface area contributed by atoms with Crippen LogP contribution in [0.25, 0.3) is 0 Å². The van der Waals surface area contributed by atoms with E-state index in [-0.39, 0.29) is 16.7 Å². The minimum Gasteiger partial charge on any atom is -0.423 e. The zero-order chi connectivity index (χ0) is 24.2. The Bertz CT molecular complexity index is 1130. The van der Waals surface area contributed by atoms with Gasteiger partial charge < -0.3 is 4.74 Å². The van der Waals surface area contributed by atoms with Crippen molar-refractivity contribution in [3.63, 3.8) is 0 Å². The Hall–Kier alpha value is -2.79. The highest BCUT2D eigenvalue weighted by Crippen LogP contribution is 2.40. The molecule has 34 heavy (non-hydrogen) atoms. The van der Waals surface area contributed by atoms with Gasteiger partial charge in [0.05, 0.1) is 5.02 Å². The third kappa shape index (κ3) is 5.64. The monoisotopic (exact) mass is 486 g/mol. The predicted octanol–water partition coefficient (Wildman–Crippen LogP) is 8.44. The average molecular weight is 487 g/mol. The minimum atomic E-state index is -1.22. The first-order valence-corrected chi connectivity index (χ1v) is 11.9. The van der Waals surface area contributed by atoms with E-state index in [0.717, 1.165) is 38.2 Å². The quantitative estimate of drug-likeness (QED) is 0.258. The topological polar surface area (TPSA) is 26.3 Å². The van der Waals surface area contributed by atoms with Crippen LogP contribution in [0, 0.1) is 23.4 Å². The molecule has 1 fully saturated rings. The number of carbonyl (C=O) groups is 1. The largest absolute Gasteiger partial charge is 0.423 e. The molecule has 0 bridgehead atoms. The van der Waals surface area contributed by atoms with Crippen LogP contribution in [-0.2, 0) is 0 Å². The summed E-state index contributed by atoms with van der Waals surface area (Å²) in [6.45, 7) is 2.24. The summed E-state index contributed by atoms with van der Waals surface area (Å²) in [4.78, 5) is 12.3. The van der Waals surface area contributed by atoms with Gasteiger partial charge in [0, 0.05) is 6.07 Å². The number of carbonyl (C=O) groups excluding carboxylic acids is 1. The lowest BCUT2D eigenvalue weighted by atomic mass is 9.75. The van der Waals surface area contributed by atoms with Crippen LogP contribution in [0.4, 0.5) is 13.2 Å². The second kappa shape index (κ2) is 10.6. The lowest BCUT2D eigenvalue weighted by Gasteiger charge is -2.30. The molecule has 1 aliphatic carbocycles. The number of hydrogen-bond donors (Lipinski definition) is 0. The van der Waals surface area contributed by atoms with Gasteiger partial charge in [-0.1, -0.05) is 48.9 Å². The van der Waals surface area contributed by atoms with Crippen molar-refractivity contribution in [3.8, 4) is 5.75 Å². The molecule has 0 saturated heterocycles. The van der Waals surface area contributed by atoms with E-state index < -0.39 is 29.0 Å². The van der Waals surface area contributed by atoms with E-state index in [2.05, 4.69) is 31.2 Å². The summed E-state index contributed by atoms with van der Waals surface area (Å²) < 4.78 is 48.0. The first-order chi connectivity index (χ1) is 16.3. The Kier molecular flexibility index (Phi) is 7.62. The maximum Gasteiger partial charge on any atom is 0.349 e. The van der Waals surface area contributed by atoms with Crippen LogP contribution < -0.4 is 4.74 Å². The van der Waals surface area contributed by atoms with Crippen molar-refractivity contribution >= 4 is 17.6 Å². The second-order valence-electron chi connectivity index (χ2n) is 9.09. The molecule has 1 atom stereocenters. The fourth-order valence-corrected chi connectivity index (χ4v) is 4.99. The number of ether oxygens (including phenoxy) is 1. The summed E-state index contributed by atoms with van der Waals surface area (Å²) >= 11 is 5.60. The summed E-state index contributed by atoms with van der Waals surface area (Å²) in [7, 11) is 0. The van der Waals surface area contributed by atoms with Crippen LogP contribution in [0.15, 0.2) is 60.7 Å². The number of esters is 1. The van der Waals surface area contributed by atoms with Gasteiger partial charge in [-0.05, 0) is 85.3 Å². The molecule has 0 unspecified atom stereocenters. The van der Waals surface area contributed by atoms with Crippen LogP contribution >= 0.6 is 11.6 Å². The Morgan fingerprint density at radius 1 is 0.941 bits per heavy atom. The van der Waals surface area contributed by atoms with Gasteiger partial charge in [-0.25, -0.2) is 18.0 Å². The molecule has 6 heteroatoms. The predicted molar refractivity (Wildman–Crippen MR) is 127 cm³/mol. The van der Waals surface area contributed by atoms with E-state index in [9.17, 15) is 18.0 Å². The Balaban J connectivity index is 1.39. The molecule has 0 aliphatic heterocycles. The van der Waals surface area contributed by atoms with Gasteiger partial charge in [-0.3, -0.25) is 0 Å². The zero-order valence-corrected chi connectivity index (χ0v) is 19.6. The van der Waals surface area contributed by atoms with E-state index in [1.54, 1.807) is 0 Å². The number of rotatable bonds is 6. The third-order valence-electron chi connectivity index (χ3n) is 6.74. The number of halogens is 4. The van der Waals surface area contributed by atoms with Gasteiger partial charge in [0.2, 0.25) is 0 Å². The summed E-state index contributed by atoms with van der Waals surface area (Å²) in [5, 5.41) is -0.147. The van der Waals surface area contributed by atoms with E-state index in [1.807, 2.05) is 6.07 Å². The minimum absolute atomic E-state index is 0.0442. The zero-order valence-electron chi connectivity index (χ0n) is 18.9. The molecule has 0 spiro atoms. The van der Waals surface area contributed by atoms with Gasteiger partial charge in [0.25, 0.3) is 0 Å². The molecule has 4 rings (SSSR count). The van der Waals surface area contributed by atoms with Crippen molar-refractivity contribution in [3.05, 3.63) is 99.8 Å². The van der Waals surface area contributed by atoms with Gasteiger partial charge in [0.15, 0.2) is 0 Å². The molecule has 178 valence electrons. The standard InChI is InChI=1S/C28H26ClF3O2/c1-17(19-5-3-2-4-6-19)13-18-7-9-20(10-8-18)21-14-25(31)27(26(32)15-21)28(33)34-22-11-12-23(29)24(30)16-22/h2-6,11-12,14-18,20H,7-10,13H2,1H3/t17-,18?,20?/m0/s1. The maximum atomic E-state index is 14.8. The lowest BCUT2D eigenvalue weighted by molar-refractivity contribution is 0.0724. The first-order valence-electron chi connectivity index (χ1n) is 11.5. The molecule has 1 aliphatic rings.